The lowest BCUT2D eigenvalue weighted by Crippen LogP contribution is -2.42. The molecule has 3 heterocycles. The number of carbonyl (C=O) groups excluding carboxylic acids is 1. The van der Waals surface area contributed by atoms with E-state index in [1.54, 1.807) is 24.2 Å². The number of nitrogens with zero attached hydrogens (tertiary/aromatic N) is 4. The van der Waals surface area contributed by atoms with Crippen molar-refractivity contribution in [2.45, 2.75) is 26.2 Å². The van der Waals surface area contributed by atoms with Crippen molar-refractivity contribution in [1.29, 1.82) is 0 Å². The number of amides is 1. The SMILES string of the molecule is Cc1nn(CC(=O)N2CCOCC2)cc1-c1cc(C(F)(F)F)cc2c1C=NC2. The Hall–Kier alpha value is -2.68. The van der Waals surface area contributed by atoms with E-state index in [1.165, 1.54) is 4.68 Å². The average molecular weight is 392 g/mol. The van der Waals surface area contributed by atoms with Crippen LogP contribution in [0.4, 0.5) is 13.2 Å². The number of hydrogen-bond acceptors (Lipinski definition) is 4. The fraction of sp³-hybridized carbons (Fsp3) is 0.421. The highest BCUT2D eigenvalue weighted by atomic mass is 19.4. The van der Waals surface area contributed by atoms with Gasteiger partial charge in [0.2, 0.25) is 5.91 Å². The molecule has 2 aromatic rings. The molecular formula is C19H19F3N4O2. The Morgan fingerprint density at radius 2 is 1.96 bits per heavy atom. The van der Waals surface area contributed by atoms with Crippen LogP contribution in [0.2, 0.25) is 0 Å². The molecule has 4 rings (SSSR count). The van der Waals surface area contributed by atoms with Crippen LogP contribution in [0.25, 0.3) is 11.1 Å². The van der Waals surface area contributed by atoms with Gasteiger partial charge < -0.3 is 9.64 Å². The number of halogens is 3. The molecular weight excluding hydrogens is 373 g/mol. The van der Waals surface area contributed by atoms with Gasteiger partial charge >= 0.3 is 6.18 Å². The Kier molecular flexibility index (Phi) is 4.70. The number of ether oxygens (including phenoxy) is 1. The normalized spacial score (nSPS) is 16.5. The van der Waals surface area contributed by atoms with E-state index in [2.05, 4.69) is 10.1 Å². The van der Waals surface area contributed by atoms with Crippen LogP contribution in [-0.2, 0) is 28.8 Å². The van der Waals surface area contributed by atoms with Crippen LogP contribution in [0.5, 0.6) is 0 Å². The van der Waals surface area contributed by atoms with E-state index in [0.717, 1.165) is 12.1 Å². The number of aromatic nitrogens is 2. The first-order valence-electron chi connectivity index (χ1n) is 8.97. The molecule has 1 saturated heterocycles. The zero-order valence-electron chi connectivity index (χ0n) is 15.3. The molecule has 0 saturated carbocycles. The molecule has 2 aliphatic rings. The number of aryl methyl sites for hydroxylation is 1. The largest absolute Gasteiger partial charge is 0.416 e. The quantitative estimate of drug-likeness (QED) is 0.807. The summed E-state index contributed by atoms with van der Waals surface area (Å²) < 4.78 is 46.7. The first kappa shape index (κ1) is 18.7. The van der Waals surface area contributed by atoms with Crippen LogP contribution < -0.4 is 0 Å². The summed E-state index contributed by atoms with van der Waals surface area (Å²) in [4.78, 5) is 18.3. The van der Waals surface area contributed by atoms with E-state index in [-0.39, 0.29) is 19.0 Å². The standard InChI is InChI=1S/C19H19F3N4O2/c1-12-17(10-26(24-12)11-18(27)25-2-4-28-5-3-25)15-7-14(19(20,21)22)6-13-8-23-9-16(13)15/h6-7,9-10H,2-5,8,11H2,1H3. The molecule has 9 heteroatoms. The van der Waals surface area contributed by atoms with E-state index in [0.29, 0.717) is 54.3 Å². The second kappa shape index (κ2) is 7.05. The summed E-state index contributed by atoms with van der Waals surface area (Å²) in [5.74, 6) is -0.0896. The third-order valence-corrected chi connectivity index (χ3v) is 4.97. The Balaban J connectivity index is 1.66. The molecule has 0 spiro atoms. The molecule has 1 aromatic heterocycles. The number of rotatable bonds is 3. The summed E-state index contributed by atoms with van der Waals surface area (Å²) in [6.45, 7) is 4.07. The Bertz CT molecular complexity index is 943. The van der Waals surface area contributed by atoms with Crippen LogP contribution in [0, 0.1) is 6.92 Å². The summed E-state index contributed by atoms with van der Waals surface area (Å²) >= 11 is 0. The summed E-state index contributed by atoms with van der Waals surface area (Å²) in [5, 5.41) is 4.35. The van der Waals surface area contributed by atoms with E-state index in [4.69, 9.17) is 4.74 Å². The summed E-state index contributed by atoms with van der Waals surface area (Å²) in [6.07, 6.45) is -1.21. The molecule has 2 aliphatic heterocycles. The maximum Gasteiger partial charge on any atom is 0.416 e. The zero-order chi connectivity index (χ0) is 19.9. The molecule has 1 amide bonds. The third-order valence-electron chi connectivity index (χ3n) is 4.97. The topological polar surface area (TPSA) is 59.7 Å². The molecule has 0 unspecified atom stereocenters. The van der Waals surface area contributed by atoms with E-state index >= 15 is 0 Å². The lowest BCUT2D eigenvalue weighted by molar-refractivity contribution is -0.137. The van der Waals surface area contributed by atoms with Gasteiger partial charge in [-0.05, 0) is 30.2 Å². The number of aliphatic imine (C=N–C) groups is 1. The second-order valence-corrected chi connectivity index (χ2v) is 6.88. The van der Waals surface area contributed by atoms with Crippen LogP contribution in [0.3, 0.4) is 0 Å². The van der Waals surface area contributed by atoms with Gasteiger partial charge in [0.25, 0.3) is 0 Å². The lowest BCUT2D eigenvalue weighted by Gasteiger charge is -2.26. The van der Waals surface area contributed by atoms with Crippen molar-refractivity contribution in [2.75, 3.05) is 26.3 Å². The molecule has 6 nitrogen and oxygen atoms in total. The van der Waals surface area contributed by atoms with Crippen LogP contribution >= 0.6 is 0 Å². The smallest absolute Gasteiger partial charge is 0.378 e. The van der Waals surface area contributed by atoms with Gasteiger partial charge in [-0.25, -0.2) is 0 Å². The maximum atomic E-state index is 13.3. The minimum Gasteiger partial charge on any atom is -0.378 e. The van der Waals surface area contributed by atoms with E-state index in [1.807, 2.05) is 0 Å². The molecule has 0 aliphatic carbocycles. The molecule has 1 fully saturated rings. The predicted molar refractivity (Wildman–Crippen MR) is 96.1 cm³/mol. The highest BCUT2D eigenvalue weighted by Gasteiger charge is 2.33. The maximum absolute atomic E-state index is 13.3. The highest BCUT2D eigenvalue weighted by molar-refractivity contribution is 5.94. The molecule has 0 N–H and O–H groups in total. The lowest BCUT2D eigenvalue weighted by atomic mass is 9.94. The van der Waals surface area contributed by atoms with Gasteiger partial charge in [-0.1, -0.05) is 0 Å². The van der Waals surface area contributed by atoms with Gasteiger partial charge in [0, 0.05) is 36.6 Å². The van der Waals surface area contributed by atoms with Gasteiger partial charge in [0.05, 0.1) is 31.0 Å². The molecule has 0 radical (unpaired) electrons. The summed E-state index contributed by atoms with van der Waals surface area (Å²) in [5.41, 5.74) is 2.09. The molecule has 28 heavy (non-hydrogen) atoms. The Morgan fingerprint density at radius 3 is 2.68 bits per heavy atom. The number of carbonyl (C=O) groups is 1. The van der Waals surface area contributed by atoms with Crippen molar-refractivity contribution in [2.24, 2.45) is 4.99 Å². The Labute approximate surface area is 159 Å². The third kappa shape index (κ3) is 3.54. The van der Waals surface area contributed by atoms with Crippen LogP contribution in [0.1, 0.15) is 22.4 Å². The van der Waals surface area contributed by atoms with Crippen molar-refractivity contribution in [3.05, 3.63) is 40.7 Å². The molecule has 1 aromatic carbocycles. The highest BCUT2D eigenvalue weighted by Crippen LogP contribution is 2.37. The second-order valence-electron chi connectivity index (χ2n) is 6.88. The fourth-order valence-corrected chi connectivity index (χ4v) is 3.53. The van der Waals surface area contributed by atoms with Crippen molar-refractivity contribution >= 4 is 12.1 Å². The van der Waals surface area contributed by atoms with E-state index < -0.39 is 11.7 Å². The van der Waals surface area contributed by atoms with Gasteiger partial charge in [0.1, 0.15) is 6.54 Å². The van der Waals surface area contributed by atoms with Gasteiger partial charge in [-0.15, -0.1) is 0 Å². The van der Waals surface area contributed by atoms with E-state index in [9.17, 15) is 18.0 Å². The number of benzene rings is 1. The summed E-state index contributed by atoms with van der Waals surface area (Å²) in [7, 11) is 0. The fourth-order valence-electron chi connectivity index (χ4n) is 3.53. The van der Waals surface area contributed by atoms with Crippen molar-refractivity contribution < 1.29 is 22.7 Å². The molecule has 0 atom stereocenters. The first-order chi connectivity index (χ1) is 13.3. The molecule has 148 valence electrons. The van der Waals surface area contributed by atoms with Crippen molar-refractivity contribution in [3.8, 4) is 11.1 Å². The predicted octanol–water partition coefficient (Wildman–Crippen LogP) is 2.67. The van der Waals surface area contributed by atoms with Crippen LogP contribution in [0.15, 0.2) is 23.3 Å². The average Bonchev–Trinajstić information content (AvgIpc) is 3.27. The minimum absolute atomic E-state index is 0.0378. The van der Waals surface area contributed by atoms with Gasteiger partial charge in [0.15, 0.2) is 0 Å². The van der Waals surface area contributed by atoms with Gasteiger partial charge in [-0.2, -0.15) is 18.3 Å². The van der Waals surface area contributed by atoms with Crippen molar-refractivity contribution in [3.63, 3.8) is 0 Å². The number of fused-ring (bicyclic) bond motifs is 1. The van der Waals surface area contributed by atoms with Crippen LogP contribution in [-0.4, -0.2) is 53.1 Å². The number of morpholine rings is 1. The summed E-state index contributed by atoms with van der Waals surface area (Å²) in [6, 6.07) is 2.28. The molecule has 0 bridgehead atoms. The monoisotopic (exact) mass is 392 g/mol. The first-order valence-corrected chi connectivity index (χ1v) is 8.97. The van der Waals surface area contributed by atoms with Gasteiger partial charge in [-0.3, -0.25) is 14.5 Å². The zero-order valence-corrected chi connectivity index (χ0v) is 15.3. The number of alkyl halides is 3. The Morgan fingerprint density at radius 1 is 1.21 bits per heavy atom. The number of hydrogen-bond donors (Lipinski definition) is 0. The minimum atomic E-state index is -4.44. The van der Waals surface area contributed by atoms with Crippen molar-refractivity contribution in [1.82, 2.24) is 14.7 Å².